The summed E-state index contributed by atoms with van der Waals surface area (Å²) in [5.74, 6) is 5.18. The second-order valence-corrected chi connectivity index (χ2v) is 12.7. The van der Waals surface area contributed by atoms with Gasteiger partial charge in [-0.1, -0.05) is 26.9 Å². The van der Waals surface area contributed by atoms with Gasteiger partial charge in [-0.15, -0.1) is 0 Å². The van der Waals surface area contributed by atoms with Crippen LogP contribution >= 0.6 is 0 Å². The van der Waals surface area contributed by atoms with E-state index in [9.17, 15) is 0 Å². The smallest absolute Gasteiger partial charge is 0.694 e. The molecule has 3 saturated carbocycles. The van der Waals surface area contributed by atoms with E-state index in [0.717, 1.165) is 35.9 Å². The largest absolute Gasteiger partial charge is 1.00 e. The fourth-order valence-corrected chi connectivity index (χ4v) is 7.75. The van der Waals surface area contributed by atoms with Gasteiger partial charge in [-0.25, -0.2) is 0 Å². The van der Waals surface area contributed by atoms with Crippen molar-refractivity contribution in [3.05, 3.63) is 6.42 Å². The van der Waals surface area contributed by atoms with Crippen LogP contribution in [0.2, 0.25) is 24.7 Å². The zero-order valence-electron chi connectivity index (χ0n) is 13.5. The van der Waals surface area contributed by atoms with E-state index in [4.69, 9.17) is 11.2 Å². The molecule has 19 heavy (non-hydrogen) atoms. The molecule has 3 aliphatic rings. The molecule has 3 heteroatoms. The Morgan fingerprint density at radius 3 is 2.42 bits per heavy atom. The van der Waals surface area contributed by atoms with Crippen LogP contribution in [-0.2, 0) is 4.74 Å². The van der Waals surface area contributed by atoms with Crippen molar-refractivity contribution in [1.29, 1.82) is 0 Å². The summed E-state index contributed by atoms with van der Waals surface area (Å²) in [5, 5.41) is 0. The predicted molar refractivity (Wildman–Crippen MR) is 78.5 cm³/mol. The standard InChI is InChI=1S/C16H27OSi.Li/c1-7-8-18(5,6)15-10-12-9-14(16(12,2)3)13(15)11-17-4;/h12-15H,8-11H2,2-6H3;/q-1;+1/t12-,13+,14+,15+;/m1./s1. The summed E-state index contributed by atoms with van der Waals surface area (Å²) in [6.45, 7) is 10.7. The molecule has 0 aromatic carbocycles. The molecule has 3 aliphatic carbocycles. The molecule has 0 aromatic rings. The SMILES string of the molecule is [C-]#CC[Si](C)(C)[C@H]1C[C@H]2C[C@@H]([C@@H]1COC)C2(C)C.[Li+]. The van der Waals surface area contributed by atoms with Gasteiger partial charge in [-0.3, -0.25) is 0 Å². The third-order valence-corrected chi connectivity index (χ3v) is 9.78. The summed E-state index contributed by atoms with van der Waals surface area (Å²) in [5.41, 5.74) is 1.35. The van der Waals surface area contributed by atoms with E-state index in [0.29, 0.717) is 5.41 Å². The van der Waals surface area contributed by atoms with E-state index in [2.05, 4.69) is 32.9 Å². The van der Waals surface area contributed by atoms with Crippen LogP contribution < -0.4 is 18.9 Å². The van der Waals surface area contributed by atoms with Crippen molar-refractivity contribution in [1.82, 2.24) is 0 Å². The van der Waals surface area contributed by atoms with Crippen LogP contribution in [0.3, 0.4) is 0 Å². The molecule has 0 N–H and O–H groups in total. The van der Waals surface area contributed by atoms with Crippen molar-refractivity contribution in [3.63, 3.8) is 0 Å². The molecule has 0 spiro atoms. The first kappa shape index (κ1) is 17.4. The van der Waals surface area contributed by atoms with Gasteiger partial charge in [-0.2, -0.15) is 0 Å². The average Bonchev–Trinajstić information content (AvgIpc) is 2.28. The Labute approximate surface area is 132 Å². The molecular weight excluding hydrogens is 243 g/mol. The van der Waals surface area contributed by atoms with Gasteiger partial charge >= 0.3 is 18.9 Å². The first-order valence-corrected chi connectivity index (χ1v) is 10.5. The molecule has 0 unspecified atom stereocenters. The van der Waals surface area contributed by atoms with E-state index in [1.165, 1.54) is 12.8 Å². The van der Waals surface area contributed by atoms with E-state index in [-0.39, 0.29) is 18.9 Å². The number of ether oxygens (including phenoxy) is 1. The van der Waals surface area contributed by atoms with Crippen LogP contribution in [0.5, 0.6) is 0 Å². The van der Waals surface area contributed by atoms with Gasteiger partial charge in [0.1, 0.15) is 0 Å². The number of hydrogen-bond acceptors (Lipinski definition) is 1. The Morgan fingerprint density at radius 2 is 1.95 bits per heavy atom. The Morgan fingerprint density at radius 1 is 1.32 bits per heavy atom. The normalized spacial score (nSPS) is 35.8. The molecular formula is C16H27LiOSi. The minimum atomic E-state index is -1.36. The van der Waals surface area contributed by atoms with Crippen molar-refractivity contribution >= 4 is 8.07 Å². The molecule has 3 fully saturated rings. The quantitative estimate of drug-likeness (QED) is 0.420. The summed E-state index contributed by atoms with van der Waals surface area (Å²) in [7, 11) is 0.484. The third-order valence-electron chi connectivity index (χ3n) is 6.03. The van der Waals surface area contributed by atoms with Gasteiger partial charge in [0, 0.05) is 13.7 Å². The first-order valence-electron chi connectivity index (χ1n) is 7.23. The van der Waals surface area contributed by atoms with Crippen LogP contribution in [0.1, 0.15) is 26.7 Å². The maximum Gasteiger partial charge on any atom is 1.00 e. The van der Waals surface area contributed by atoms with Crippen LogP contribution in [-0.4, -0.2) is 21.8 Å². The molecule has 0 aliphatic heterocycles. The van der Waals surface area contributed by atoms with E-state index in [1.807, 2.05) is 7.11 Å². The van der Waals surface area contributed by atoms with E-state index in [1.54, 1.807) is 0 Å². The van der Waals surface area contributed by atoms with Gasteiger partial charge in [-0.05, 0) is 47.6 Å². The number of fused-ring (bicyclic) bond motifs is 2. The number of methoxy groups -OCH3 is 1. The molecule has 2 bridgehead atoms. The van der Waals surface area contributed by atoms with E-state index < -0.39 is 8.07 Å². The van der Waals surface area contributed by atoms with Crippen molar-refractivity contribution < 1.29 is 23.6 Å². The van der Waals surface area contributed by atoms with Crippen molar-refractivity contribution in [2.75, 3.05) is 13.7 Å². The minimum absolute atomic E-state index is 0. The topological polar surface area (TPSA) is 9.23 Å². The Kier molecular flexibility index (Phi) is 5.48. The summed E-state index contributed by atoms with van der Waals surface area (Å²) in [4.78, 5) is 0. The summed E-state index contributed by atoms with van der Waals surface area (Å²) in [6, 6.07) is 0.914. The monoisotopic (exact) mass is 270 g/mol. The van der Waals surface area contributed by atoms with Gasteiger partial charge in [0.05, 0.1) is 8.07 Å². The Bertz CT molecular complexity index is 358. The molecule has 0 aromatic heterocycles. The van der Waals surface area contributed by atoms with Crippen molar-refractivity contribution in [3.8, 4) is 5.92 Å². The maximum atomic E-state index is 7.34. The molecule has 0 amide bonds. The second kappa shape index (κ2) is 5.99. The fraction of sp³-hybridized carbons (Fsp3) is 0.875. The Hall–Kier alpha value is 0.334. The van der Waals surface area contributed by atoms with Gasteiger partial charge in [0.15, 0.2) is 0 Å². The third kappa shape index (κ3) is 2.86. The molecule has 4 atom stereocenters. The van der Waals surface area contributed by atoms with Crippen LogP contribution in [0, 0.1) is 35.5 Å². The number of hydrogen-bond donors (Lipinski definition) is 0. The molecule has 1 nitrogen and oxygen atoms in total. The molecule has 102 valence electrons. The minimum Gasteiger partial charge on any atom is -0.694 e. The van der Waals surface area contributed by atoms with Crippen LogP contribution in [0.15, 0.2) is 0 Å². The van der Waals surface area contributed by atoms with Crippen molar-refractivity contribution in [2.24, 2.45) is 23.2 Å². The predicted octanol–water partition coefficient (Wildman–Crippen LogP) is 0.987. The van der Waals surface area contributed by atoms with Crippen LogP contribution in [0.4, 0.5) is 0 Å². The van der Waals surface area contributed by atoms with Crippen molar-refractivity contribution in [2.45, 2.75) is 51.4 Å². The summed E-state index contributed by atoms with van der Waals surface area (Å²) in [6.07, 6.45) is 10.1. The fourth-order valence-electron chi connectivity index (χ4n) is 4.63. The van der Waals surface area contributed by atoms with E-state index >= 15 is 0 Å². The molecule has 0 saturated heterocycles. The second-order valence-electron chi connectivity index (χ2n) is 7.66. The number of rotatable bonds is 4. The van der Waals surface area contributed by atoms with Gasteiger partial charge in [0.2, 0.25) is 0 Å². The zero-order valence-corrected chi connectivity index (χ0v) is 14.5. The maximum absolute atomic E-state index is 7.34. The summed E-state index contributed by atoms with van der Waals surface area (Å²) >= 11 is 0. The van der Waals surface area contributed by atoms with Gasteiger partial charge in [0.25, 0.3) is 0 Å². The average molecular weight is 270 g/mol. The van der Waals surface area contributed by atoms with Gasteiger partial charge < -0.3 is 17.1 Å². The van der Waals surface area contributed by atoms with Crippen LogP contribution in [0.25, 0.3) is 0 Å². The molecule has 3 rings (SSSR count). The first-order chi connectivity index (χ1) is 8.34. The molecule has 0 heterocycles. The Balaban J connectivity index is 0.00000180. The molecule has 0 radical (unpaired) electrons. The summed E-state index contributed by atoms with van der Waals surface area (Å²) < 4.78 is 5.53. The zero-order chi connectivity index (χ0) is 13.6.